The molecule has 0 aromatic heterocycles. The zero-order valence-corrected chi connectivity index (χ0v) is 15.7. The maximum atomic E-state index is 11.9. The first-order chi connectivity index (χ1) is 14.5. The highest BCUT2D eigenvalue weighted by Gasteiger charge is 2.17. The van der Waals surface area contributed by atoms with Crippen LogP contribution in [0.15, 0.2) is 96.0 Å². The largest absolute Gasteiger partial charge is 0.478 e. The number of nitro benzene ring substituents is 1. The molecule has 1 N–H and O–H groups in total. The fraction of sp³-hybridized carbons (Fsp3) is 0. The van der Waals surface area contributed by atoms with Gasteiger partial charge in [-0.15, -0.1) is 0 Å². The minimum atomic E-state index is -1.03. The summed E-state index contributed by atoms with van der Waals surface area (Å²) in [6.45, 7) is 0. The van der Waals surface area contributed by atoms with E-state index >= 15 is 0 Å². The summed E-state index contributed by atoms with van der Waals surface area (Å²) in [7, 11) is 0. The maximum absolute atomic E-state index is 11.9. The van der Waals surface area contributed by atoms with Crippen molar-refractivity contribution in [3.05, 3.63) is 118 Å². The van der Waals surface area contributed by atoms with Crippen molar-refractivity contribution in [3.63, 3.8) is 0 Å². The Morgan fingerprint density at radius 2 is 1.50 bits per heavy atom. The van der Waals surface area contributed by atoms with E-state index in [0.29, 0.717) is 22.3 Å². The van der Waals surface area contributed by atoms with Crippen LogP contribution in [0, 0.1) is 10.1 Å². The van der Waals surface area contributed by atoms with Crippen molar-refractivity contribution < 1.29 is 14.8 Å². The van der Waals surface area contributed by atoms with Gasteiger partial charge in [-0.2, -0.15) is 0 Å². The second-order valence-electron chi connectivity index (χ2n) is 6.62. The Balaban J connectivity index is 2.03. The van der Waals surface area contributed by atoms with Crippen LogP contribution >= 0.6 is 0 Å². The fourth-order valence-electron chi connectivity index (χ4n) is 3.40. The van der Waals surface area contributed by atoms with E-state index in [4.69, 9.17) is 4.99 Å². The topological polar surface area (TPSA) is 92.8 Å². The number of nitro groups is 1. The summed E-state index contributed by atoms with van der Waals surface area (Å²) in [6.07, 6.45) is 0. The summed E-state index contributed by atoms with van der Waals surface area (Å²) in [5.74, 6) is -1.03. The molecule has 0 radical (unpaired) electrons. The third-order valence-electron chi connectivity index (χ3n) is 4.72. The molecule has 4 rings (SSSR count). The number of aromatic carboxylic acids is 1. The summed E-state index contributed by atoms with van der Waals surface area (Å²) in [4.78, 5) is 27.3. The minimum absolute atomic E-state index is 0.0622. The molecule has 0 fully saturated rings. The molecule has 0 heterocycles. The van der Waals surface area contributed by atoms with Crippen molar-refractivity contribution in [2.45, 2.75) is 0 Å². The highest BCUT2D eigenvalue weighted by atomic mass is 16.6. The van der Waals surface area contributed by atoms with Gasteiger partial charge in [-0.05, 0) is 17.5 Å². The maximum Gasteiger partial charge on any atom is 0.336 e. The number of fused-ring (bicyclic) bond motifs is 1. The van der Waals surface area contributed by atoms with Crippen LogP contribution in [0.5, 0.6) is 0 Å². The lowest BCUT2D eigenvalue weighted by atomic mass is 9.93. The molecule has 146 valence electrons. The Hall–Kier alpha value is -4.32. The molecular weight excluding hydrogens is 380 g/mol. The first-order valence-corrected chi connectivity index (χ1v) is 9.18. The summed E-state index contributed by atoms with van der Waals surface area (Å²) in [5, 5.41) is 22.2. The number of hydrogen-bond acceptors (Lipinski definition) is 4. The Morgan fingerprint density at radius 1 is 0.833 bits per heavy atom. The molecule has 30 heavy (non-hydrogen) atoms. The first kappa shape index (κ1) is 19.0. The highest BCUT2D eigenvalue weighted by molar-refractivity contribution is 6.23. The molecule has 0 aliphatic rings. The number of benzene rings is 4. The lowest BCUT2D eigenvalue weighted by Crippen LogP contribution is -2.07. The molecule has 4 aromatic carbocycles. The molecule has 4 aromatic rings. The Bertz CT molecular complexity index is 1290. The molecule has 0 amide bonds. The van der Waals surface area contributed by atoms with Crippen molar-refractivity contribution >= 4 is 33.8 Å². The number of carboxylic acids is 1. The number of non-ortho nitro benzene ring substituents is 1. The highest BCUT2D eigenvalue weighted by Crippen LogP contribution is 2.28. The average Bonchev–Trinajstić information content (AvgIpc) is 2.77. The van der Waals surface area contributed by atoms with Gasteiger partial charge in [0, 0.05) is 28.6 Å². The molecule has 0 atom stereocenters. The van der Waals surface area contributed by atoms with Gasteiger partial charge in [0.15, 0.2) is 0 Å². The second kappa shape index (κ2) is 7.97. The van der Waals surface area contributed by atoms with Gasteiger partial charge in [-0.1, -0.05) is 66.7 Å². The van der Waals surface area contributed by atoms with Crippen molar-refractivity contribution in [2.75, 3.05) is 0 Å². The number of nitrogens with zero attached hydrogens (tertiary/aromatic N) is 2. The average molecular weight is 396 g/mol. The minimum Gasteiger partial charge on any atom is -0.478 e. The van der Waals surface area contributed by atoms with Gasteiger partial charge in [0.25, 0.3) is 5.69 Å². The number of aliphatic imine (C=N–C) groups is 1. The van der Waals surface area contributed by atoms with E-state index in [1.807, 2.05) is 54.6 Å². The zero-order valence-electron chi connectivity index (χ0n) is 15.7. The fourth-order valence-corrected chi connectivity index (χ4v) is 3.40. The number of carbonyl (C=O) groups is 1. The first-order valence-electron chi connectivity index (χ1n) is 9.18. The standard InChI is InChI=1S/C24H16N2O4/c27-24(28)21-14-5-10-16-9-4-13-20(22(16)21)23(17-7-2-1-3-8-17)25-18-11-6-12-19(15-18)26(29)30/h1-15H,(H,27,28). The van der Waals surface area contributed by atoms with Crippen LogP contribution in [-0.2, 0) is 0 Å². The lowest BCUT2D eigenvalue weighted by molar-refractivity contribution is -0.384. The molecule has 0 spiro atoms. The summed E-state index contributed by atoms with van der Waals surface area (Å²) in [5.41, 5.74) is 2.47. The summed E-state index contributed by atoms with van der Waals surface area (Å²) >= 11 is 0. The number of hydrogen-bond donors (Lipinski definition) is 1. The predicted molar refractivity (Wildman–Crippen MR) is 116 cm³/mol. The molecule has 0 unspecified atom stereocenters. The number of carboxylic acid groups (broad SMARTS) is 1. The lowest BCUT2D eigenvalue weighted by Gasteiger charge is -2.13. The SMILES string of the molecule is O=C(O)c1cccc2cccc(C(=Nc3cccc([N+](=O)[O-])c3)c3ccccc3)c12. The monoisotopic (exact) mass is 396 g/mol. The molecule has 0 saturated heterocycles. The quantitative estimate of drug-likeness (QED) is 0.269. The third-order valence-corrected chi connectivity index (χ3v) is 4.72. The van der Waals surface area contributed by atoms with Gasteiger partial charge in [0.2, 0.25) is 0 Å². The molecule has 6 heteroatoms. The van der Waals surface area contributed by atoms with Crippen molar-refractivity contribution in [1.29, 1.82) is 0 Å². The molecule has 6 nitrogen and oxygen atoms in total. The summed E-state index contributed by atoms with van der Waals surface area (Å²) in [6, 6.07) is 26.0. The van der Waals surface area contributed by atoms with E-state index in [0.717, 1.165) is 10.9 Å². The van der Waals surface area contributed by atoms with Crippen molar-refractivity contribution in [3.8, 4) is 0 Å². The molecule has 0 aliphatic heterocycles. The van der Waals surface area contributed by atoms with Gasteiger partial charge in [0.05, 0.1) is 21.9 Å². The van der Waals surface area contributed by atoms with Gasteiger partial charge in [0.1, 0.15) is 0 Å². The normalized spacial score (nSPS) is 11.4. The van der Waals surface area contributed by atoms with E-state index < -0.39 is 10.9 Å². The van der Waals surface area contributed by atoms with Gasteiger partial charge in [-0.3, -0.25) is 10.1 Å². The Kier molecular flexibility index (Phi) is 5.05. The van der Waals surface area contributed by atoms with Crippen molar-refractivity contribution in [2.24, 2.45) is 4.99 Å². The van der Waals surface area contributed by atoms with Crippen LogP contribution in [0.25, 0.3) is 10.8 Å². The third kappa shape index (κ3) is 3.66. The van der Waals surface area contributed by atoms with E-state index in [-0.39, 0.29) is 11.3 Å². The molecule has 0 aliphatic carbocycles. The number of rotatable bonds is 5. The molecule has 0 saturated carbocycles. The van der Waals surface area contributed by atoms with Crippen molar-refractivity contribution in [1.82, 2.24) is 0 Å². The van der Waals surface area contributed by atoms with Gasteiger partial charge >= 0.3 is 5.97 Å². The molecular formula is C24H16N2O4. The zero-order chi connectivity index (χ0) is 21.1. The van der Waals surface area contributed by atoms with Crippen LogP contribution in [0.3, 0.4) is 0 Å². The van der Waals surface area contributed by atoms with E-state index in [1.165, 1.54) is 12.1 Å². The Morgan fingerprint density at radius 3 is 2.17 bits per heavy atom. The van der Waals surface area contributed by atoms with E-state index in [1.54, 1.807) is 24.3 Å². The van der Waals surface area contributed by atoms with E-state index in [2.05, 4.69) is 0 Å². The summed E-state index contributed by atoms with van der Waals surface area (Å²) < 4.78 is 0. The smallest absolute Gasteiger partial charge is 0.336 e. The van der Waals surface area contributed by atoms with Crippen LogP contribution in [0.2, 0.25) is 0 Å². The molecule has 0 bridgehead atoms. The Labute approximate surface area is 171 Å². The van der Waals surface area contributed by atoms with Crippen LogP contribution < -0.4 is 0 Å². The van der Waals surface area contributed by atoms with Crippen LogP contribution in [-0.4, -0.2) is 21.7 Å². The van der Waals surface area contributed by atoms with Gasteiger partial charge < -0.3 is 5.11 Å². The van der Waals surface area contributed by atoms with Crippen LogP contribution in [0.1, 0.15) is 21.5 Å². The predicted octanol–water partition coefficient (Wildman–Crippen LogP) is 5.62. The van der Waals surface area contributed by atoms with Crippen LogP contribution in [0.4, 0.5) is 11.4 Å². The van der Waals surface area contributed by atoms with Gasteiger partial charge in [-0.25, -0.2) is 9.79 Å². The van der Waals surface area contributed by atoms with E-state index in [9.17, 15) is 20.0 Å². The second-order valence-corrected chi connectivity index (χ2v) is 6.62.